The average molecular weight is 464 g/mol. The molecule has 2 heterocycles. The third kappa shape index (κ3) is 4.03. The molecule has 0 N–H and O–H groups in total. The van der Waals surface area contributed by atoms with Crippen molar-refractivity contribution in [2.75, 3.05) is 0 Å². The molecule has 2 aromatic heterocycles. The van der Waals surface area contributed by atoms with Gasteiger partial charge in [0.25, 0.3) is 0 Å². The van der Waals surface area contributed by atoms with Crippen LogP contribution in [0.3, 0.4) is 0 Å². The van der Waals surface area contributed by atoms with Crippen LogP contribution in [0.5, 0.6) is 0 Å². The second kappa shape index (κ2) is 8.64. The van der Waals surface area contributed by atoms with E-state index in [2.05, 4.69) is 49.5 Å². The first-order chi connectivity index (χ1) is 17.0. The van der Waals surface area contributed by atoms with Crippen LogP contribution in [0.1, 0.15) is 47.9 Å². The van der Waals surface area contributed by atoms with Gasteiger partial charge in [-0.2, -0.15) is 0 Å². The lowest BCUT2D eigenvalue weighted by atomic mass is 9.94. The van der Waals surface area contributed by atoms with Gasteiger partial charge in [-0.1, -0.05) is 31.7 Å². The van der Waals surface area contributed by atoms with Crippen LogP contribution >= 0.6 is 0 Å². The highest BCUT2D eigenvalue weighted by atomic mass is 19.1. The molecule has 5 aromatic rings. The van der Waals surface area contributed by atoms with Gasteiger partial charge in [-0.25, -0.2) is 4.39 Å². The maximum absolute atomic E-state index is 13.8. The highest BCUT2D eigenvalue weighted by Crippen LogP contribution is 2.37. The first-order valence-corrected chi connectivity index (χ1v) is 12.7. The summed E-state index contributed by atoms with van der Waals surface area (Å²) in [6.07, 6.45) is 8.69. The number of hydrogen-bond donors (Lipinski definition) is 0. The predicted molar refractivity (Wildman–Crippen MR) is 142 cm³/mol. The summed E-state index contributed by atoms with van der Waals surface area (Å²) in [6, 6.07) is 18.0. The highest BCUT2D eigenvalue weighted by Gasteiger charge is 2.17. The van der Waals surface area contributed by atoms with Gasteiger partial charge in [0.15, 0.2) is 0 Å². The van der Waals surface area contributed by atoms with E-state index in [0.29, 0.717) is 0 Å². The van der Waals surface area contributed by atoms with Crippen molar-refractivity contribution in [1.82, 2.24) is 4.98 Å². The van der Waals surface area contributed by atoms with Gasteiger partial charge in [0.1, 0.15) is 17.0 Å². The van der Waals surface area contributed by atoms with E-state index in [1.807, 2.05) is 19.9 Å². The molecule has 3 heteroatoms. The fraction of sp³-hybridized carbons (Fsp3) is 0.281. The summed E-state index contributed by atoms with van der Waals surface area (Å²) < 4.78 is 20.0. The smallest absolute Gasteiger partial charge is 0.136 e. The van der Waals surface area contributed by atoms with Crippen molar-refractivity contribution in [3.8, 4) is 22.4 Å². The van der Waals surface area contributed by atoms with Crippen LogP contribution in [0.2, 0.25) is 0 Å². The normalized spacial score (nSPS) is 14.4. The molecule has 6 rings (SSSR count). The number of halogens is 1. The van der Waals surface area contributed by atoms with Crippen molar-refractivity contribution in [3.05, 3.63) is 88.9 Å². The van der Waals surface area contributed by atoms with Crippen molar-refractivity contribution in [3.63, 3.8) is 0 Å². The van der Waals surface area contributed by atoms with Crippen molar-refractivity contribution in [2.24, 2.45) is 5.92 Å². The van der Waals surface area contributed by atoms with Crippen LogP contribution in [0.15, 0.2) is 65.2 Å². The van der Waals surface area contributed by atoms with Gasteiger partial charge in [-0.05, 0) is 115 Å². The molecule has 35 heavy (non-hydrogen) atoms. The minimum absolute atomic E-state index is 0.198. The predicted octanol–water partition coefficient (Wildman–Crippen LogP) is 9.11. The zero-order valence-corrected chi connectivity index (χ0v) is 20.6. The van der Waals surface area contributed by atoms with Crippen LogP contribution in [-0.4, -0.2) is 4.98 Å². The maximum atomic E-state index is 13.8. The summed E-state index contributed by atoms with van der Waals surface area (Å²) in [5.74, 6) is 0.624. The Balaban J connectivity index is 1.37. The van der Waals surface area contributed by atoms with Gasteiger partial charge in [0, 0.05) is 22.5 Å². The molecule has 1 aliphatic carbocycles. The minimum Gasteiger partial charge on any atom is -0.456 e. The number of furan rings is 1. The first-order valence-electron chi connectivity index (χ1n) is 12.7. The molecule has 0 saturated heterocycles. The fourth-order valence-electron chi connectivity index (χ4n) is 5.94. The molecule has 1 aliphatic rings. The van der Waals surface area contributed by atoms with Crippen molar-refractivity contribution < 1.29 is 8.81 Å². The lowest BCUT2D eigenvalue weighted by molar-refractivity contribution is 0.544. The summed E-state index contributed by atoms with van der Waals surface area (Å²) >= 11 is 0. The molecule has 3 aromatic carbocycles. The summed E-state index contributed by atoms with van der Waals surface area (Å²) in [5, 5.41) is 2.17. The van der Waals surface area contributed by atoms with Crippen LogP contribution in [-0.2, 0) is 6.42 Å². The monoisotopic (exact) mass is 463 g/mol. The molecule has 0 radical (unpaired) electrons. The highest BCUT2D eigenvalue weighted by molar-refractivity contribution is 6.07. The van der Waals surface area contributed by atoms with E-state index in [1.54, 1.807) is 12.1 Å². The van der Waals surface area contributed by atoms with Gasteiger partial charge >= 0.3 is 0 Å². The lowest BCUT2D eigenvalue weighted by Gasteiger charge is -2.12. The number of aryl methyl sites for hydroxylation is 3. The maximum Gasteiger partial charge on any atom is 0.136 e. The Kier molecular flexibility index (Phi) is 5.44. The quantitative estimate of drug-likeness (QED) is 0.266. The van der Waals surface area contributed by atoms with Crippen molar-refractivity contribution in [2.45, 2.75) is 52.9 Å². The van der Waals surface area contributed by atoms with E-state index in [-0.39, 0.29) is 5.82 Å². The summed E-state index contributed by atoms with van der Waals surface area (Å²) in [4.78, 5) is 4.84. The summed E-state index contributed by atoms with van der Waals surface area (Å²) in [5.41, 5.74) is 10.5. The van der Waals surface area contributed by atoms with Gasteiger partial charge in [-0.15, -0.1) is 0 Å². The second-order valence-electron chi connectivity index (χ2n) is 10.3. The van der Waals surface area contributed by atoms with Crippen LogP contribution in [0.25, 0.3) is 44.3 Å². The summed E-state index contributed by atoms with van der Waals surface area (Å²) in [6.45, 7) is 6.12. The Hall–Kier alpha value is -3.46. The van der Waals surface area contributed by atoms with E-state index in [9.17, 15) is 4.39 Å². The molecule has 0 spiro atoms. The molecule has 176 valence electrons. The van der Waals surface area contributed by atoms with Gasteiger partial charge in [0.2, 0.25) is 0 Å². The van der Waals surface area contributed by atoms with Crippen LogP contribution in [0.4, 0.5) is 4.39 Å². The zero-order chi connectivity index (χ0) is 24.1. The van der Waals surface area contributed by atoms with E-state index in [4.69, 9.17) is 9.40 Å². The number of hydrogen-bond acceptors (Lipinski definition) is 2. The topological polar surface area (TPSA) is 26.0 Å². The largest absolute Gasteiger partial charge is 0.456 e. The summed E-state index contributed by atoms with van der Waals surface area (Å²) in [7, 11) is 0. The zero-order valence-electron chi connectivity index (χ0n) is 20.6. The Labute approximate surface area is 205 Å². The molecular weight excluding hydrogens is 433 g/mol. The van der Waals surface area contributed by atoms with E-state index >= 15 is 0 Å². The van der Waals surface area contributed by atoms with Gasteiger partial charge in [0.05, 0.1) is 5.69 Å². The Morgan fingerprint density at radius 2 is 1.54 bits per heavy atom. The molecule has 0 bridgehead atoms. The molecular formula is C32H30FNO. The fourth-order valence-corrected chi connectivity index (χ4v) is 5.94. The molecule has 0 aliphatic heterocycles. The number of aromatic nitrogens is 1. The van der Waals surface area contributed by atoms with E-state index in [0.717, 1.165) is 67.8 Å². The minimum atomic E-state index is -0.198. The number of nitrogens with zero attached hydrogens (tertiary/aromatic N) is 1. The Bertz CT molecular complexity index is 1550. The van der Waals surface area contributed by atoms with Crippen molar-refractivity contribution in [1.29, 1.82) is 0 Å². The van der Waals surface area contributed by atoms with Crippen LogP contribution < -0.4 is 0 Å². The molecule has 2 nitrogen and oxygen atoms in total. The van der Waals surface area contributed by atoms with Crippen molar-refractivity contribution >= 4 is 21.9 Å². The third-order valence-electron chi connectivity index (χ3n) is 7.76. The molecule has 0 amide bonds. The van der Waals surface area contributed by atoms with Gasteiger partial charge in [-0.3, -0.25) is 4.98 Å². The standard InChI is InChI=1S/C32H30FNO/c1-19-14-29(34-18-25(19)15-22-6-4-5-7-22)23-9-11-30-28(16-23)27-10-8-24(17-31(27)35-30)32-20(2)12-26(33)13-21(32)3/h8-14,16-18,22H,4-7,15H2,1-3H3. The first kappa shape index (κ1) is 22.0. The molecule has 1 saturated carbocycles. The second-order valence-corrected chi connectivity index (χ2v) is 10.3. The molecule has 0 atom stereocenters. The number of benzene rings is 3. The molecule has 0 unspecified atom stereocenters. The number of fused-ring (bicyclic) bond motifs is 3. The van der Waals surface area contributed by atoms with Crippen LogP contribution in [0, 0.1) is 32.5 Å². The SMILES string of the molecule is Cc1cc(-c2ccc3oc4cc(-c5c(C)cc(F)cc5C)ccc4c3c2)ncc1CC1CCCC1. The Morgan fingerprint density at radius 1 is 0.800 bits per heavy atom. The van der Waals surface area contributed by atoms with Gasteiger partial charge < -0.3 is 4.42 Å². The third-order valence-corrected chi connectivity index (χ3v) is 7.76. The molecule has 1 fully saturated rings. The average Bonchev–Trinajstić information content (AvgIpc) is 3.46. The lowest BCUT2D eigenvalue weighted by Crippen LogP contribution is -2.02. The Morgan fingerprint density at radius 3 is 2.29 bits per heavy atom. The number of rotatable bonds is 4. The van der Waals surface area contributed by atoms with E-state index in [1.165, 1.54) is 36.8 Å². The number of pyridine rings is 1. The van der Waals surface area contributed by atoms with E-state index < -0.39 is 0 Å².